The van der Waals surface area contributed by atoms with E-state index in [0.29, 0.717) is 27.5 Å². The summed E-state index contributed by atoms with van der Waals surface area (Å²) < 4.78 is 11.0. The third-order valence-electron chi connectivity index (χ3n) is 2.04. The average molecular weight is 297 g/mol. The van der Waals surface area contributed by atoms with Crippen molar-refractivity contribution >= 4 is 22.2 Å². The number of nitrogens with zero attached hydrogens (tertiary/aromatic N) is 2. The van der Waals surface area contributed by atoms with E-state index in [-0.39, 0.29) is 6.61 Å². The van der Waals surface area contributed by atoms with Crippen molar-refractivity contribution in [1.82, 2.24) is 10.1 Å². The fraction of sp³-hybridized carbons (Fsp3) is 0.182. The summed E-state index contributed by atoms with van der Waals surface area (Å²) in [4.78, 5) is 14.8. The third kappa shape index (κ3) is 2.71. The molecule has 88 valence electrons. The smallest absolute Gasteiger partial charge is 0.223 e. The van der Waals surface area contributed by atoms with Crippen LogP contribution < -0.4 is 4.74 Å². The molecule has 0 N–H and O–H groups in total. The number of hydrogen-bond acceptors (Lipinski definition) is 5. The highest BCUT2D eigenvalue weighted by molar-refractivity contribution is 9.10. The summed E-state index contributed by atoms with van der Waals surface area (Å²) in [6.45, 7) is 1.85. The van der Waals surface area contributed by atoms with Gasteiger partial charge in [-0.2, -0.15) is 4.98 Å². The first-order valence-electron chi connectivity index (χ1n) is 4.86. The number of aromatic nitrogens is 2. The number of carbonyl (C=O) groups excluding carboxylic acids is 1. The molecule has 0 aliphatic heterocycles. The second kappa shape index (κ2) is 5.09. The highest BCUT2D eigenvalue weighted by atomic mass is 79.9. The lowest BCUT2D eigenvalue weighted by Gasteiger charge is -2.07. The van der Waals surface area contributed by atoms with E-state index in [1.165, 1.54) is 0 Å². The zero-order valence-electron chi connectivity index (χ0n) is 9.01. The van der Waals surface area contributed by atoms with E-state index in [0.717, 1.165) is 6.29 Å². The van der Waals surface area contributed by atoms with Gasteiger partial charge in [0.05, 0.1) is 10.0 Å². The summed E-state index contributed by atoms with van der Waals surface area (Å²) in [6, 6.07) is 5.23. The quantitative estimate of drug-likeness (QED) is 0.811. The van der Waals surface area contributed by atoms with Gasteiger partial charge in [-0.05, 0) is 28.1 Å². The average Bonchev–Trinajstić information content (AvgIpc) is 2.73. The maximum Gasteiger partial charge on any atom is 0.223 e. The summed E-state index contributed by atoms with van der Waals surface area (Å²) in [5, 5.41) is 3.70. The van der Waals surface area contributed by atoms with Crippen LogP contribution in [0, 0.1) is 6.92 Å². The van der Waals surface area contributed by atoms with Crippen LogP contribution in [-0.2, 0) is 6.61 Å². The van der Waals surface area contributed by atoms with E-state index < -0.39 is 0 Å². The molecule has 2 aromatic rings. The van der Waals surface area contributed by atoms with Gasteiger partial charge in [-0.15, -0.1) is 0 Å². The highest BCUT2D eigenvalue weighted by Crippen LogP contribution is 2.28. The van der Waals surface area contributed by atoms with Crippen LogP contribution in [0.3, 0.4) is 0 Å². The Morgan fingerprint density at radius 1 is 1.53 bits per heavy atom. The summed E-state index contributed by atoms with van der Waals surface area (Å²) in [5.74, 6) is 1.39. The van der Waals surface area contributed by atoms with E-state index in [1.54, 1.807) is 25.1 Å². The maximum atomic E-state index is 10.8. The first-order chi connectivity index (χ1) is 8.20. The summed E-state index contributed by atoms with van der Waals surface area (Å²) in [6.07, 6.45) is 0.738. The molecular formula is C11H9BrN2O3. The lowest BCUT2D eigenvalue weighted by atomic mass is 10.2. The molecule has 0 saturated heterocycles. The molecule has 1 aromatic heterocycles. The summed E-state index contributed by atoms with van der Waals surface area (Å²) >= 11 is 3.32. The first kappa shape index (κ1) is 11.8. The molecule has 0 unspecified atom stereocenters. The second-order valence-electron chi connectivity index (χ2n) is 3.29. The Kier molecular flexibility index (Phi) is 3.53. The lowest BCUT2D eigenvalue weighted by molar-refractivity contribution is 0.111. The van der Waals surface area contributed by atoms with Crippen molar-refractivity contribution in [3.05, 3.63) is 40.0 Å². The minimum absolute atomic E-state index is 0.154. The molecule has 0 amide bonds. The van der Waals surface area contributed by atoms with Crippen molar-refractivity contribution in [2.75, 3.05) is 0 Å². The van der Waals surface area contributed by atoms with Gasteiger partial charge in [0.15, 0.2) is 12.9 Å². The number of carbonyl (C=O) groups is 1. The van der Waals surface area contributed by atoms with Crippen LogP contribution in [0.2, 0.25) is 0 Å². The van der Waals surface area contributed by atoms with Gasteiger partial charge in [0.2, 0.25) is 11.7 Å². The Hall–Kier alpha value is -1.69. The van der Waals surface area contributed by atoms with Gasteiger partial charge in [0.1, 0.15) is 5.75 Å². The summed E-state index contributed by atoms with van der Waals surface area (Å²) in [5.41, 5.74) is 0.472. The molecular weight excluding hydrogens is 288 g/mol. The van der Waals surface area contributed by atoms with E-state index in [1.807, 2.05) is 0 Å². The molecule has 0 bridgehead atoms. The highest BCUT2D eigenvalue weighted by Gasteiger charge is 2.09. The normalized spacial score (nSPS) is 10.2. The molecule has 0 aliphatic rings. The fourth-order valence-corrected chi connectivity index (χ4v) is 1.80. The number of benzene rings is 1. The Labute approximate surface area is 106 Å². The molecule has 0 fully saturated rings. The molecule has 0 radical (unpaired) electrons. The fourth-order valence-electron chi connectivity index (χ4n) is 1.31. The van der Waals surface area contributed by atoms with Crippen LogP contribution in [0.25, 0.3) is 0 Å². The van der Waals surface area contributed by atoms with Gasteiger partial charge in [-0.3, -0.25) is 4.79 Å². The van der Waals surface area contributed by atoms with Crippen molar-refractivity contribution in [3.63, 3.8) is 0 Å². The van der Waals surface area contributed by atoms with Gasteiger partial charge in [-0.1, -0.05) is 11.2 Å². The molecule has 2 rings (SSSR count). The van der Waals surface area contributed by atoms with E-state index in [4.69, 9.17) is 9.26 Å². The molecule has 0 atom stereocenters. The molecule has 0 saturated carbocycles. The molecule has 0 aliphatic carbocycles. The number of aldehydes is 1. The number of aryl methyl sites for hydroxylation is 1. The van der Waals surface area contributed by atoms with Crippen molar-refractivity contribution in [2.45, 2.75) is 13.5 Å². The van der Waals surface area contributed by atoms with Crippen LogP contribution in [0.15, 0.2) is 27.2 Å². The Morgan fingerprint density at radius 3 is 3.00 bits per heavy atom. The minimum atomic E-state index is 0.154. The Balaban J connectivity index is 2.16. The molecule has 6 heteroatoms. The standard InChI is InChI=1S/C11H9BrN2O3/c1-7-13-10(14-17-7)6-16-11-8(5-15)3-2-4-9(11)12/h2-5H,6H2,1H3. The van der Waals surface area contributed by atoms with Gasteiger partial charge < -0.3 is 9.26 Å². The molecule has 1 heterocycles. The third-order valence-corrected chi connectivity index (χ3v) is 2.66. The molecule has 5 nitrogen and oxygen atoms in total. The first-order valence-corrected chi connectivity index (χ1v) is 5.65. The van der Waals surface area contributed by atoms with E-state index in [9.17, 15) is 4.79 Å². The van der Waals surface area contributed by atoms with Gasteiger partial charge in [-0.25, -0.2) is 0 Å². The van der Waals surface area contributed by atoms with Crippen molar-refractivity contribution in [1.29, 1.82) is 0 Å². The number of hydrogen-bond donors (Lipinski definition) is 0. The SMILES string of the molecule is Cc1nc(COc2c(Br)cccc2C=O)no1. The Bertz CT molecular complexity index is 539. The zero-order valence-corrected chi connectivity index (χ0v) is 10.6. The topological polar surface area (TPSA) is 65.2 Å². The Morgan fingerprint density at radius 2 is 2.35 bits per heavy atom. The van der Waals surface area contributed by atoms with Gasteiger partial charge in [0, 0.05) is 6.92 Å². The van der Waals surface area contributed by atoms with Crippen molar-refractivity contribution in [2.24, 2.45) is 0 Å². The van der Waals surface area contributed by atoms with Crippen molar-refractivity contribution in [3.8, 4) is 5.75 Å². The zero-order chi connectivity index (χ0) is 12.3. The number of ether oxygens (including phenoxy) is 1. The molecule has 0 spiro atoms. The largest absolute Gasteiger partial charge is 0.484 e. The molecule has 17 heavy (non-hydrogen) atoms. The van der Waals surface area contributed by atoms with Crippen LogP contribution in [0.5, 0.6) is 5.75 Å². The monoisotopic (exact) mass is 296 g/mol. The molecule has 1 aromatic carbocycles. The maximum absolute atomic E-state index is 10.8. The van der Waals surface area contributed by atoms with Gasteiger partial charge >= 0.3 is 0 Å². The number of para-hydroxylation sites is 1. The van der Waals surface area contributed by atoms with Gasteiger partial charge in [0.25, 0.3) is 0 Å². The van der Waals surface area contributed by atoms with Crippen LogP contribution in [-0.4, -0.2) is 16.4 Å². The van der Waals surface area contributed by atoms with Crippen LogP contribution >= 0.6 is 15.9 Å². The predicted octanol–water partition coefficient (Wildman–Crippen LogP) is 2.53. The number of halogens is 1. The van der Waals surface area contributed by atoms with E-state index >= 15 is 0 Å². The van der Waals surface area contributed by atoms with Crippen molar-refractivity contribution < 1.29 is 14.1 Å². The minimum Gasteiger partial charge on any atom is -0.484 e. The van der Waals surface area contributed by atoms with E-state index in [2.05, 4.69) is 26.1 Å². The lowest BCUT2D eigenvalue weighted by Crippen LogP contribution is -2.00. The van der Waals surface area contributed by atoms with Crippen LogP contribution in [0.4, 0.5) is 0 Å². The second-order valence-corrected chi connectivity index (χ2v) is 4.15. The summed E-state index contributed by atoms with van der Waals surface area (Å²) in [7, 11) is 0. The van der Waals surface area contributed by atoms with Crippen LogP contribution in [0.1, 0.15) is 22.1 Å². The predicted molar refractivity (Wildman–Crippen MR) is 62.9 cm³/mol. The number of rotatable bonds is 4.